The lowest BCUT2D eigenvalue weighted by molar-refractivity contribution is -0.0545. The van der Waals surface area contributed by atoms with Crippen molar-refractivity contribution >= 4 is 27.0 Å². The fraction of sp³-hybridized carbons (Fsp3) is 0.389. The molecule has 0 aliphatic carbocycles. The van der Waals surface area contributed by atoms with Crippen LogP contribution in [0, 0.1) is 0 Å². The summed E-state index contributed by atoms with van der Waals surface area (Å²) >= 11 is 0. The van der Waals surface area contributed by atoms with E-state index in [0.29, 0.717) is 5.69 Å². The molecule has 4 rings (SSSR count). The van der Waals surface area contributed by atoms with Crippen LogP contribution in [-0.2, 0) is 36.3 Å². The molecule has 2 aromatic heterocycles. The molecule has 35 heavy (non-hydrogen) atoms. The molecule has 188 valence electrons. The number of phosphoric ester groups is 1. The van der Waals surface area contributed by atoms with E-state index in [2.05, 4.69) is 13.9 Å². The van der Waals surface area contributed by atoms with Gasteiger partial charge in [-0.1, -0.05) is 18.2 Å². The SMILES string of the molecule is Cn1nc(Cn2c(=O)ccn(C3OC(COP(=O)(O)O[P+](=O)O)[C@H](O)C3O)c2=O)c2ccccc21. The predicted molar refractivity (Wildman–Crippen MR) is 117 cm³/mol. The number of ether oxygens (including phenoxy) is 1. The first-order chi connectivity index (χ1) is 16.5. The van der Waals surface area contributed by atoms with Crippen LogP contribution in [0.5, 0.6) is 0 Å². The number of benzene rings is 1. The molecule has 4 N–H and O–H groups in total. The average Bonchev–Trinajstić information content (AvgIpc) is 3.25. The van der Waals surface area contributed by atoms with Crippen LogP contribution in [0.15, 0.2) is 46.1 Å². The van der Waals surface area contributed by atoms with Crippen molar-refractivity contribution < 1.29 is 42.7 Å². The second-order valence-corrected chi connectivity index (χ2v) is 9.97. The number of rotatable bonds is 8. The first-order valence-electron chi connectivity index (χ1n) is 10.1. The molecular weight excluding hydrogens is 510 g/mol. The monoisotopic (exact) mass is 531 g/mol. The van der Waals surface area contributed by atoms with E-state index in [9.17, 15) is 33.8 Å². The predicted octanol–water partition coefficient (Wildman–Crippen LogP) is -0.653. The Morgan fingerprint density at radius 2 is 1.91 bits per heavy atom. The van der Waals surface area contributed by atoms with Crippen molar-refractivity contribution in [2.24, 2.45) is 7.05 Å². The molecule has 15 nitrogen and oxygen atoms in total. The smallest absolute Gasteiger partial charge is 0.387 e. The Kier molecular flexibility index (Phi) is 7.16. The summed E-state index contributed by atoms with van der Waals surface area (Å²) in [5.41, 5.74) is -0.243. The Balaban J connectivity index is 1.59. The van der Waals surface area contributed by atoms with Crippen LogP contribution >= 0.6 is 16.1 Å². The number of hydrogen-bond donors (Lipinski definition) is 4. The number of aryl methyl sites for hydroxylation is 1. The van der Waals surface area contributed by atoms with E-state index in [1.807, 2.05) is 12.1 Å². The highest BCUT2D eigenvalue weighted by Crippen LogP contribution is 2.51. The van der Waals surface area contributed by atoms with Crippen molar-refractivity contribution in [3.63, 3.8) is 0 Å². The van der Waals surface area contributed by atoms with Gasteiger partial charge < -0.3 is 14.9 Å². The third-order valence-electron chi connectivity index (χ3n) is 5.42. The number of aliphatic hydroxyl groups is 2. The zero-order valence-electron chi connectivity index (χ0n) is 18.0. The van der Waals surface area contributed by atoms with E-state index < -0.39 is 58.5 Å². The Hall–Kier alpha value is -2.58. The van der Waals surface area contributed by atoms with Crippen molar-refractivity contribution in [1.29, 1.82) is 0 Å². The lowest BCUT2D eigenvalue weighted by atomic mass is 10.1. The third kappa shape index (κ3) is 5.19. The van der Waals surface area contributed by atoms with Crippen LogP contribution < -0.4 is 11.2 Å². The van der Waals surface area contributed by atoms with Gasteiger partial charge in [-0.05, 0) is 10.4 Å². The molecule has 17 heteroatoms. The molecule has 5 unspecified atom stereocenters. The topological polar surface area (TPSA) is 205 Å². The van der Waals surface area contributed by atoms with Crippen molar-refractivity contribution in [2.45, 2.75) is 31.1 Å². The van der Waals surface area contributed by atoms with Gasteiger partial charge in [0.15, 0.2) is 6.23 Å². The number of nitrogens with zero attached hydrogens (tertiary/aromatic N) is 4. The average molecular weight is 531 g/mol. The van der Waals surface area contributed by atoms with Crippen molar-refractivity contribution in [3.05, 3.63) is 63.1 Å². The summed E-state index contributed by atoms with van der Waals surface area (Å²) in [6.07, 6.45) is -5.17. The number of aromatic nitrogens is 4. The lowest BCUT2D eigenvalue weighted by Gasteiger charge is -2.18. The maximum atomic E-state index is 13.1. The molecule has 0 bridgehead atoms. The standard InChI is InChI=1S/C18H20N4O11P2/c1-20-12-5-3-2-4-10(12)11(19-20)8-22-14(23)6-7-21(18(22)26)17-16(25)15(24)13(32-17)9-31-35(29,30)33-34(27)28/h2-7,13,15-17,24-25H,8-9H2,1H3,(H-,27,28,29,30)/p+1/t13?,15-,16?,17?/m0/s1. The molecule has 1 fully saturated rings. The molecule has 1 aliphatic heterocycles. The molecule has 0 radical (unpaired) electrons. The van der Waals surface area contributed by atoms with E-state index in [4.69, 9.17) is 9.63 Å². The van der Waals surface area contributed by atoms with Gasteiger partial charge in [0, 0.05) is 29.3 Å². The first kappa shape index (κ1) is 25.5. The van der Waals surface area contributed by atoms with Crippen molar-refractivity contribution in [1.82, 2.24) is 18.9 Å². The maximum absolute atomic E-state index is 13.1. The van der Waals surface area contributed by atoms with E-state index in [-0.39, 0.29) is 6.54 Å². The Labute approximate surface area is 196 Å². The fourth-order valence-electron chi connectivity index (χ4n) is 3.80. The number of para-hydroxylation sites is 1. The summed E-state index contributed by atoms with van der Waals surface area (Å²) in [5, 5.41) is 25.8. The van der Waals surface area contributed by atoms with Gasteiger partial charge in [0.05, 0.1) is 24.4 Å². The van der Waals surface area contributed by atoms with Gasteiger partial charge in [0.1, 0.15) is 18.3 Å². The molecule has 1 aromatic carbocycles. The van der Waals surface area contributed by atoms with Gasteiger partial charge in [0.2, 0.25) is 0 Å². The van der Waals surface area contributed by atoms with Gasteiger partial charge in [-0.15, -0.1) is 4.89 Å². The molecular formula is C18H21N4O11P2+. The minimum atomic E-state index is -4.95. The second-order valence-electron chi connectivity index (χ2n) is 7.65. The lowest BCUT2D eigenvalue weighted by Crippen LogP contribution is -2.43. The summed E-state index contributed by atoms with van der Waals surface area (Å²) in [6, 6.07) is 8.32. The van der Waals surface area contributed by atoms with Crippen LogP contribution in [-0.4, -0.2) is 63.8 Å². The molecule has 3 heterocycles. The summed E-state index contributed by atoms with van der Waals surface area (Å²) in [7, 11) is -6.67. The highest BCUT2D eigenvalue weighted by molar-refractivity contribution is 7.55. The second kappa shape index (κ2) is 9.82. The van der Waals surface area contributed by atoms with Crippen molar-refractivity contribution in [2.75, 3.05) is 6.61 Å². The Morgan fingerprint density at radius 1 is 1.20 bits per heavy atom. The molecule has 3 aromatic rings. The molecule has 6 atom stereocenters. The van der Waals surface area contributed by atoms with E-state index in [1.165, 1.54) is 0 Å². The molecule has 0 spiro atoms. The van der Waals surface area contributed by atoms with Gasteiger partial charge in [-0.2, -0.15) is 5.10 Å². The molecule has 0 saturated carbocycles. The first-order valence-corrected chi connectivity index (χ1v) is 12.7. The molecule has 0 amide bonds. The normalized spacial score (nSPS) is 24.5. The van der Waals surface area contributed by atoms with Crippen LogP contribution in [0.2, 0.25) is 0 Å². The summed E-state index contributed by atoms with van der Waals surface area (Å²) in [6.45, 7) is -0.998. The highest BCUT2D eigenvalue weighted by Gasteiger charge is 2.46. The van der Waals surface area contributed by atoms with Crippen LogP contribution in [0.3, 0.4) is 0 Å². The Bertz CT molecular complexity index is 1430. The van der Waals surface area contributed by atoms with Crippen LogP contribution in [0.25, 0.3) is 10.9 Å². The zero-order chi connectivity index (χ0) is 25.5. The number of aliphatic hydroxyl groups excluding tert-OH is 2. The van der Waals surface area contributed by atoms with E-state index in [0.717, 1.165) is 32.3 Å². The number of fused-ring (bicyclic) bond motifs is 1. The summed E-state index contributed by atoms with van der Waals surface area (Å²) in [4.78, 5) is 43.6. The quantitative estimate of drug-likeness (QED) is 0.268. The third-order valence-corrected chi connectivity index (χ3v) is 7.28. The summed E-state index contributed by atoms with van der Waals surface area (Å²) in [5.74, 6) is 0. The maximum Gasteiger partial charge on any atom is 0.705 e. The summed E-state index contributed by atoms with van der Waals surface area (Å²) < 4.78 is 39.4. The van der Waals surface area contributed by atoms with Gasteiger partial charge in [-0.25, -0.2) is 9.36 Å². The largest absolute Gasteiger partial charge is 0.705 e. The van der Waals surface area contributed by atoms with Crippen molar-refractivity contribution in [3.8, 4) is 0 Å². The van der Waals surface area contributed by atoms with Gasteiger partial charge in [-0.3, -0.25) is 28.0 Å². The Morgan fingerprint density at radius 3 is 2.63 bits per heavy atom. The zero-order valence-corrected chi connectivity index (χ0v) is 19.8. The number of phosphoric acid groups is 1. The van der Waals surface area contributed by atoms with E-state index in [1.54, 1.807) is 23.9 Å². The number of hydrogen-bond acceptors (Lipinski definition) is 10. The fourth-order valence-corrected chi connectivity index (χ4v) is 5.03. The van der Waals surface area contributed by atoms with Crippen LogP contribution in [0.4, 0.5) is 0 Å². The molecule has 1 aliphatic rings. The minimum absolute atomic E-state index is 0.178. The van der Waals surface area contributed by atoms with Gasteiger partial charge >= 0.3 is 21.8 Å². The van der Waals surface area contributed by atoms with Gasteiger partial charge in [0.25, 0.3) is 5.56 Å². The van der Waals surface area contributed by atoms with Crippen LogP contribution in [0.1, 0.15) is 11.9 Å². The van der Waals surface area contributed by atoms with E-state index >= 15 is 0 Å². The highest BCUT2D eigenvalue weighted by atomic mass is 31.2. The minimum Gasteiger partial charge on any atom is -0.387 e. The molecule has 1 saturated heterocycles.